The molecule has 2 aromatic rings. The molecule has 2 aliphatic rings. The molecule has 1 atom stereocenters. The average molecular weight is 395 g/mol. The van der Waals surface area contributed by atoms with Crippen LogP contribution >= 0.6 is 0 Å². The monoisotopic (exact) mass is 395 g/mol. The Bertz CT molecular complexity index is 966. The number of hydrogen-bond donors (Lipinski definition) is 2. The molecule has 1 aromatic heterocycles. The zero-order chi connectivity index (χ0) is 20.4. The molecule has 0 spiro atoms. The maximum atomic E-state index is 13.0. The van der Waals surface area contributed by atoms with Crippen molar-refractivity contribution in [3.63, 3.8) is 0 Å². The fourth-order valence-electron chi connectivity index (χ4n) is 4.22. The molecule has 7 heteroatoms. The van der Waals surface area contributed by atoms with Crippen molar-refractivity contribution in [2.24, 2.45) is 0 Å². The zero-order valence-electron chi connectivity index (χ0n) is 16.5. The molecule has 152 valence electrons. The fraction of sp³-hybridized carbons (Fsp3) is 0.455. The zero-order valence-corrected chi connectivity index (χ0v) is 16.5. The molecule has 0 aliphatic heterocycles. The number of fused-ring (bicyclic) bond motifs is 2. The van der Waals surface area contributed by atoms with Gasteiger partial charge in [0.1, 0.15) is 0 Å². The molecular weight excluding hydrogens is 370 g/mol. The summed E-state index contributed by atoms with van der Waals surface area (Å²) in [6.45, 7) is 1.47. The van der Waals surface area contributed by atoms with E-state index in [4.69, 9.17) is 4.74 Å². The van der Waals surface area contributed by atoms with Crippen molar-refractivity contribution in [2.75, 3.05) is 0 Å². The van der Waals surface area contributed by atoms with Gasteiger partial charge in [-0.25, -0.2) is 9.59 Å². The molecule has 29 heavy (non-hydrogen) atoms. The summed E-state index contributed by atoms with van der Waals surface area (Å²) in [4.78, 5) is 42.0. The smallest absolute Gasteiger partial charge is 0.339 e. The Morgan fingerprint density at radius 2 is 1.86 bits per heavy atom. The van der Waals surface area contributed by atoms with Crippen molar-refractivity contribution in [1.82, 2.24) is 15.6 Å². The molecular formula is C22H25N3O4. The maximum absolute atomic E-state index is 13.0. The molecule has 3 amide bonds. The van der Waals surface area contributed by atoms with Gasteiger partial charge < -0.3 is 10.1 Å². The molecule has 0 unspecified atom stereocenters. The highest BCUT2D eigenvalue weighted by molar-refractivity contribution is 6.06. The Kier molecular flexibility index (Phi) is 5.47. The minimum Gasteiger partial charge on any atom is -0.449 e. The van der Waals surface area contributed by atoms with E-state index in [1.807, 2.05) is 24.3 Å². The van der Waals surface area contributed by atoms with Crippen LogP contribution in [0, 0.1) is 0 Å². The molecule has 2 aliphatic carbocycles. The van der Waals surface area contributed by atoms with E-state index < -0.39 is 24.0 Å². The molecule has 2 N–H and O–H groups in total. The van der Waals surface area contributed by atoms with Crippen LogP contribution in [0.4, 0.5) is 4.79 Å². The Morgan fingerprint density at radius 3 is 2.66 bits per heavy atom. The normalized spacial score (nSPS) is 17.0. The number of carbonyl (C=O) groups is 3. The highest BCUT2D eigenvalue weighted by Gasteiger charge is 2.28. The molecule has 1 fully saturated rings. The molecule has 1 saturated carbocycles. The first-order chi connectivity index (χ1) is 14.0. The number of para-hydroxylation sites is 1. The summed E-state index contributed by atoms with van der Waals surface area (Å²) in [7, 11) is 0. The van der Waals surface area contributed by atoms with Gasteiger partial charge in [0.2, 0.25) is 0 Å². The lowest BCUT2D eigenvalue weighted by Crippen LogP contribution is -2.47. The number of aromatic nitrogens is 1. The van der Waals surface area contributed by atoms with E-state index >= 15 is 0 Å². The Morgan fingerprint density at radius 1 is 1.10 bits per heavy atom. The number of pyridine rings is 1. The van der Waals surface area contributed by atoms with Crippen molar-refractivity contribution in [3.8, 4) is 0 Å². The van der Waals surface area contributed by atoms with Gasteiger partial charge in [0.25, 0.3) is 5.91 Å². The third kappa shape index (κ3) is 4.09. The van der Waals surface area contributed by atoms with Crippen molar-refractivity contribution in [1.29, 1.82) is 0 Å². The van der Waals surface area contributed by atoms with Crippen LogP contribution in [0.1, 0.15) is 60.6 Å². The van der Waals surface area contributed by atoms with E-state index in [0.717, 1.165) is 67.1 Å². The number of nitrogens with one attached hydrogen (secondary N) is 2. The number of aryl methyl sites for hydroxylation is 1. The highest BCUT2D eigenvalue weighted by atomic mass is 16.5. The summed E-state index contributed by atoms with van der Waals surface area (Å²) in [6.07, 6.45) is 5.46. The van der Waals surface area contributed by atoms with E-state index in [1.54, 1.807) is 0 Å². The van der Waals surface area contributed by atoms with Crippen LogP contribution in [0.25, 0.3) is 10.9 Å². The number of imide groups is 1. The number of hydrogen-bond acceptors (Lipinski definition) is 5. The summed E-state index contributed by atoms with van der Waals surface area (Å²) in [5.74, 6) is -1.19. The first kappa shape index (κ1) is 19.4. The summed E-state index contributed by atoms with van der Waals surface area (Å²) in [5, 5.41) is 5.79. The van der Waals surface area contributed by atoms with E-state index in [0.29, 0.717) is 5.56 Å². The van der Waals surface area contributed by atoms with Gasteiger partial charge in [-0.15, -0.1) is 0 Å². The fourth-order valence-corrected chi connectivity index (χ4v) is 4.22. The van der Waals surface area contributed by atoms with Crippen LogP contribution in [0.3, 0.4) is 0 Å². The number of benzene rings is 1. The van der Waals surface area contributed by atoms with Crippen LogP contribution in [0.5, 0.6) is 0 Å². The maximum Gasteiger partial charge on any atom is 0.339 e. The van der Waals surface area contributed by atoms with Gasteiger partial charge in [0.15, 0.2) is 6.10 Å². The van der Waals surface area contributed by atoms with Crippen LogP contribution in [-0.4, -0.2) is 35.0 Å². The SMILES string of the molecule is C[C@@H](OC(=O)c1c2c(nc3ccccc13)CCC2)C(=O)NC(=O)NC1CCCC1. The van der Waals surface area contributed by atoms with E-state index in [2.05, 4.69) is 15.6 Å². The van der Waals surface area contributed by atoms with Crippen LogP contribution in [-0.2, 0) is 22.4 Å². The van der Waals surface area contributed by atoms with Crippen molar-refractivity contribution >= 4 is 28.8 Å². The lowest BCUT2D eigenvalue weighted by molar-refractivity contribution is -0.127. The van der Waals surface area contributed by atoms with Gasteiger partial charge in [-0.05, 0) is 50.7 Å². The first-order valence-corrected chi connectivity index (χ1v) is 10.3. The molecule has 0 radical (unpaired) electrons. The van der Waals surface area contributed by atoms with Gasteiger partial charge in [0, 0.05) is 17.1 Å². The second-order valence-electron chi connectivity index (χ2n) is 7.77. The molecule has 1 heterocycles. The summed E-state index contributed by atoms with van der Waals surface area (Å²) >= 11 is 0. The summed E-state index contributed by atoms with van der Waals surface area (Å²) in [6, 6.07) is 7.01. The van der Waals surface area contributed by atoms with Crippen molar-refractivity contribution in [3.05, 3.63) is 41.1 Å². The number of urea groups is 1. The Hall–Kier alpha value is -2.96. The Labute approximate surface area is 169 Å². The van der Waals surface area contributed by atoms with Gasteiger partial charge in [-0.3, -0.25) is 15.1 Å². The van der Waals surface area contributed by atoms with Crippen LogP contribution in [0.15, 0.2) is 24.3 Å². The summed E-state index contributed by atoms with van der Waals surface area (Å²) in [5.41, 5.74) is 3.05. The third-order valence-corrected chi connectivity index (χ3v) is 5.70. The second kappa shape index (κ2) is 8.19. The quantitative estimate of drug-likeness (QED) is 0.776. The van der Waals surface area contributed by atoms with Gasteiger partial charge in [-0.1, -0.05) is 31.0 Å². The number of esters is 1. The van der Waals surface area contributed by atoms with Crippen LogP contribution < -0.4 is 10.6 Å². The third-order valence-electron chi connectivity index (χ3n) is 5.70. The van der Waals surface area contributed by atoms with Crippen molar-refractivity contribution < 1.29 is 19.1 Å². The van der Waals surface area contributed by atoms with Crippen molar-refractivity contribution in [2.45, 2.75) is 64.0 Å². The molecule has 0 bridgehead atoms. The summed E-state index contributed by atoms with van der Waals surface area (Å²) < 4.78 is 5.44. The molecule has 4 rings (SSSR count). The standard InChI is InChI=1S/C22H25N3O4/c1-13(20(26)25-22(28)23-14-7-2-3-8-14)29-21(27)19-15-9-4-5-11-17(15)24-18-12-6-10-16(18)19/h4-5,9,11,13-14H,2-3,6-8,10,12H2,1H3,(H2,23,25,26,28)/t13-/m1/s1. The topological polar surface area (TPSA) is 97.4 Å². The molecule has 1 aromatic carbocycles. The first-order valence-electron chi connectivity index (χ1n) is 10.3. The lowest BCUT2D eigenvalue weighted by Gasteiger charge is -2.17. The number of rotatable bonds is 4. The molecule has 7 nitrogen and oxygen atoms in total. The number of nitrogens with zero attached hydrogens (tertiary/aromatic N) is 1. The predicted molar refractivity (Wildman–Crippen MR) is 108 cm³/mol. The second-order valence-corrected chi connectivity index (χ2v) is 7.77. The van der Waals surface area contributed by atoms with Gasteiger partial charge in [-0.2, -0.15) is 0 Å². The van der Waals surface area contributed by atoms with Gasteiger partial charge >= 0.3 is 12.0 Å². The minimum atomic E-state index is -1.08. The number of amides is 3. The van der Waals surface area contributed by atoms with E-state index in [1.165, 1.54) is 6.92 Å². The van der Waals surface area contributed by atoms with Crippen LogP contribution in [0.2, 0.25) is 0 Å². The molecule has 0 saturated heterocycles. The predicted octanol–water partition coefficient (Wildman–Crippen LogP) is 3.04. The highest BCUT2D eigenvalue weighted by Crippen LogP contribution is 2.30. The average Bonchev–Trinajstić information content (AvgIpc) is 3.37. The number of carbonyl (C=O) groups excluding carboxylic acids is 3. The number of ether oxygens (including phenoxy) is 1. The minimum absolute atomic E-state index is 0.103. The van der Waals surface area contributed by atoms with Gasteiger partial charge in [0.05, 0.1) is 11.1 Å². The van der Waals surface area contributed by atoms with E-state index in [9.17, 15) is 14.4 Å². The Balaban J connectivity index is 1.46. The largest absolute Gasteiger partial charge is 0.449 e. The lowest BCUT2D eigenvalue weighted by atomic mass is 10.0. The van der Waals surface area contributed by atoms with E-state index in [-0.39, 0.29) is 6.04 Å².